The topological polar surface area (TPSA) is 97.5 Å². The van der Waals surface area contributed by atoms with Crippen LogP contribution in [0.4, 0.5) is 4.39 Å². The summed E-state index contributed by atoms with van der Waals surface area (Å²) in [7, 11) is -1.76. The first-order valence-corrected chi connectivity index (χ1v) is 9.28. The number of rotatable bonds is 7. The van der Waals surface area contributed by atoms with Crippen molar-refractivity contribution >= 4 is 10.0 Å². The van der Waals surface area contributed by atoms with Gasteiger partial charge in [0, 0.05) is 31.3 Å². The lowest BCUT2D eigenvalue weighted by atomic mass is 10.3. The molecule has 0 amide bonds. The summed E-state index contributed by atoms with van der Waals surface area (Å²) in [6, 6.07) is 2.95. The Hall–Kier alpha value is -1.97. The Morgan fingerprint density at radius 2 is 2.12 bits per heavy atom. The van der Waals surface area contributed by atoms with E-state index in [1.807, 2.05) is 0 Å². The molecule has 0 spiro atoms. The number of aromatic nitrogens is 1. The third-order valence-corrected chi connectivity index (χ3v) is 5.26. The number of nitrogens with zero attached hydrogens (tertiary/aromatic N) is 2. The van der Waals surface area contributed by atoms with E-state index in [0.29, 0.717) is 31.5 Å². The average molecular weight is 372 g/mol. The third kappa shape index (κ3) is 6.45. The minimum atomic E-state index is -3.47. The quantitative estimate of drug-likeness (QED) is 0.751. The number of hydrogen-bond acceptors (Lipinski definition) is 6. The fourth-order valence-corrected chi connectivity index (χ4v) is 3.66. The molecule has 9 heteroatoms. The van der Waals surface area contributed by atoms with Crippen molar-refractivity contribution < 1.29 is 17.5 Å². The summed E-state index contributed by atoms with van der Waals surface area (Å²) in [6.07, 6.45) is 4.79. The first kappa shape index (κ1) is 21.1. The van der Waals surface area contributed by atoms with E-state index in [0.717, 1.165) is 12.8 Å². The van der Waals surface area contributed by atoms with Crippen molar-refractivity contribution in [3.63, 3.8) is 0 Å². The maximum Gasteiger partial charge on any atom is 0.244 e. The lowest BCUT2D eigenvalue weighted by Gasteiger charge is -2.15. The second-order valence-corrected chi connectivity index (χ2v) is 7.20. The Balaban J connectivity index is 0.000000970. The monoisotopic (exact) mass is 372 g/mol. The van der Waals surface area contributed by atoms with Crippen molar-refractivity contribution in [2.45, 2.75) is 17.7 Å². The van der Waals surface area contributed by atoms with Gasteiger partial charge >= 0.3 is 0 Å². The van der Waals surface area contributed by atoms with Crippen molar-refractivity contribution in [1.82, 2.24) is 14.6 Å². The molecule has 0 aromatic carbocycles. The summed E-state index contributed by atoms with van der Waals surface area (Å²) < 4.78 is 44.0. The van der Waals surface area contributed by atoms with Gasteiger partial charge in [0.05, 0.1) is 12.5 Å². The highest BCUT2D eigenvalue weighted by molar-refractivity contribution is 7.89. The van der Waals surface area contributed by atoms with Gasteiger partial charge in [0.2, 0.25) is 15.9 Å². The van der Waals surface area contributed by atoms with Crippen LogP contribution >= 0.6 is 0 Å². The van der Waals surface area contributed by atoms with Crippen LogP contribution in [0.15, 0.2) is 47.9 Å². The predicted molar refractivity (Wildman–Crippen MR) is 95.2 cm³/mol. The molecular formula is C16H25FN4O3S. The Morgan fingerprint density at radius 1 is 1.48 bits per heavy atom. The van der Waals surface area contributed by atoms with Gasteiger partial charge < -0.3 is 15.8 Å². The van der Waals surface area contributed by atoms with Crippen molar-refractivity contribution in [2.24, 2.45) is 5.73 Å². The summed E-state index contributed by atoms with van der Waals surface area (Å²) in [5, 5.41) is 2.82. The van der Waals surface area contributed by atoms with Crippen LogP contribution in [0.3, 0.4) is 0 Å². The van der Waals surface area contributed by atoms with Gasteiger partial charge in [-0.3, -0.25) is 0 Å². The van der Waals surface area contributed by atoms with Gasteiger partial charge in [-0.05, 0) is 32.2 Å². The number of hydrogen-bond donors (Lipinski definition) is 2. The summed E-state index contributed by atoms with van der Waals surface area (Å²) in [4.78, 5) is 4.14. The molecule has 25 heavy (non-hydrogen) atoms. The number of sulfonamides is 1. The highest BCUT2D eigenvalue weighted by Crippen LogP contribution is 2.21. The average Bonchev–Trinajstić information content (AvgIpc) is 3.15. The molecule has 0 saturated carbocycles. The summed E-state index contributed by atoms with van der Waals surface area (Å²) >= 11 is 0. The summed E-state index contributed by atoms with van der Waals surface area (Å²) in [5.41, 5.74) is 5.05. The zero-order valence-electron chi connectivity index (χ0n) is 14.3. The van der Waals surface area contributed by atoms with Crippen LogP contribution < -0.4 is 15.8 Å². The van der Waals surface area contributed by atoms with Crippen molar-refractivity contribution in [2.75, 3.05) is 33.3 Å². The van der Waals surface area contributed by atoms with E-state index in [1.165, 1.54) is 28.8 Å². The van der Waals surface area contributed by atoms with E-state index < -0.39 is 10.0 Å². The van der Waals surface area contributed by atoms with E-state index in [9.17, 15) is 12.8 Å². The lowest BCUT2D eigenvalue weighted by molar-refractivity contribution is 0.332. The molecule has 0 aliphatic carbocycles. The standard InChI is InChI=1S/C14H20FN3O3S.C2H5N/c1-16-9-12(8-15)11-21-14-5-4-13(10-17-14)22(19,20)18-6-2-3-7-18;1-2-3/h4-5,8,10,16H,2-3,6-7,9,11H2,1H3;2H,1,3H2/b12-8+;. The zero-order valence-corrected chi connectivity index (χ0v) is 15.1. The van der Waals surface area contributed by atoms with Crippen LogP contribution in [0.2, 0.25) is 0 Å². The molecular weight excluding hydrogens is 347 g/mol. The molecule has 1 aromatic heterocycles. The van der Waals surface area contributed by atoms with E-state index in [1.54, 1.807) is 7.05 Å². The van der Waals surface area contributed by atoms with Gasteiger partial charge in [-0.1, -0.05) is 6.58 Å². The number of nitrogens with one attached hydrogen (secondary N) is 1. The smallest absolute Gasteiger partial charge is 0.244 e. The molecule has 140 valence electrons. The van der Waals surface area contributed by atoms with Crippen molar-refractivity contribution in [1.29, 1.82) is 0 Å². The predicted octanol–water partition coefficient (Wildman–Crippen LogP) is 1.41. The second kappa shape index (κ2) is 10.8. The molecule has 0 unspecified atom stereocenters. The second-order valence-electron chi connectivity index (χ2n) is 5.27. The molecule has 0 radical (unpaired) electrons. The molecule has 1 aromatic rings. The Labute approximate surface area is 148 Å². The molecule has 2 heterocycles. The molecule has 1 aliphatic rings. The van der Waals surface area contributed by atoms with Gasteiger partial charge in [0.1, 0.15) is 11.5 Å². The van der Waals surface area contributed by atoms with E-state index in [4.69, 9.17) is 4.74 Å². The summed E-state index contributed by atoms with van der Waals surface area (Å²) in [6.45, 7) is 4.67. The highest BCUT2D eigenvalue weighted by atomic mass is 32.2. The van der Waals surface area contributed by atoms with Gasteiger partial charge in [0.25, 0.3) is 0 Å². The fraction of sp³-hybridized carbons (Fsp3) is 0.438. The lowest BCUT2D eigenvalue weighted by Crippen LogP contribution is -2.27. The first-order chi connectivity index (χ1) is 12.0. The molecule has 3 N–H and O–H groups in total. The first-order valence-electron chi connectivity index (χ1n) is 7.84. The van der Waals surface area contributed by atoms with Crippen LogP contribution in [0.25, 0.3) is 0 Å². The largest absolute Gasteiger partial charge is 0.473 e. The number of likely N-dealkylation sites (N-methyl/N-ethyl adjacent to an activating group) is 1. The van der Waals surface area contributed by atoms with E-state index in [-0.39, 0.29) is 17.4 Å². The molecule has 0 atom stereocenters. The minimum Gasteiger partial charge on any atom is -0.473 e. The number of halogens is 1. The SMILES string of the molecule is C=CN.CNC/C(=C\F)COc1ccc(S(=O)(=O)N2CCCC2)cn1. The van der Waals surface area contributed by atoms with Crippen LogP contribution in [0.5, 0.6) is 5.88 Å². The summed E-state index contributed by atoms with van der Waals surface area (Å²) in [5.74, 6) is 0.260. The van der Waals surface area contributed by atoms with Gasteiger partial charge in [0.15, 0.2) is 0 Å². The molecule has 2 rings (SSSR count). The highest BCUT2D eigenvalue weighted by Gasteiger charge is 2.27. The fourth-order valence-electron chi connectivity index (χ4n) is 2.20. The Bertz CT molecular complexity index is 656. The molecule has 7 nitrogen and oxygen atoms in total. The van der Waals surface area contributed by atoms with Crippen molar-refractivity contribution in [3.05, 3.63) is 43.0 Å². The van der Waals surface area contributed by atoms with Crippen LogP contribution in [0.1, 0.15) is 12.8 Å². The Morgan fingerprint density at radius 3 is 2.60 bits per heavy atom. The maximum atomic E-state index is 12.6. The van der Waals surface area contributed by atoms with Crippen molar-refractivity contribution in [3.8, 4) is 5.88 Å². The molecule has 1 saturated heterocycles. The number of ether oxygens (including phenoxy) is 1. The number of pyridine rings is 1. The van der Waals surface area contributed by atoms with Crippen LogP contribution in [-0.4, -0.2) is 51.0 Å². The van der Waals surface area contributed by atoms with Crippen LogP contribution in [0, 0.1) is 0 Å². The number of nitrogens with two attached hydrogens (primary N) is 1. The molecule has 1 fully saturated rings. The van der Waals surface area contributed by atoms with Gasteiger partial charge in [-0.2, -0.15) is 4.31 Å². The van der Waals surface area contributed by atoms with Gasteiger partial charge in [-0.25, -0.2) is 17.8 Å². The maximum absolute atomic E-state index is 12.6. The Kier molecular flexibility index (Phi) is 9.11. The molecule has 1 aliphatic heterocycles. The van der Waals surface area contributed by atoms with Crippen LogP contribution in [-0.2, 0) is 10.0 Å². The minimum absolute atomic E-state index is 0.0581. The normalized spacial score (nSPS) is 15.4. The third-order valence-electron chi connectivity index (χ3n) is 3.38. The van der Waals surface area contributed by atoms with E-state index in [2.05, 4.69) is 22.6 Å². The van der Waals surface area contributed by atoms with E-state index >= 15 is 0 Å². The molecule has 0 bridgehead atoms. The zero-order chi connectivity index (χ0) is 18.7. The van der Waals surface area contributed by atoms with Gasteiger partial charge in [-0.15, -0.1) is 0 Å².